The maximum Gasteiger partial charge on any atom is 0.312 e. The Kier molecular flexibility index (Phi) is 8.04. The lowest BCUT2D eigenvalue weighted by molar-refractivity contribution is -0.209. The summed E-state index contributed by atoms with van der Waals surface area (Å²) in [6.07, 6.45) is 18.3. The number of carbonyl (C=O) groups is 2. The van der Waals surface area contributed by atoms with E-state index >= 15 is 0 Å². The Morgan fingerprint density at radius 2 is 1.29 bits per heavy atom. The molecule has 216 valence electrons. The summed E-state index contributed by atoms with van der Waals surface area (Å²) in [5, 5.41) is 0. The van der Waals surface area contributed by atoms with E-state index in [9.17, 15) is 9.59 Å². The van der Waals surface area contributed by atoms with Crippen LogP contribution in [0.25, 0.3) is 0 Å². The quantitative estimate of drug-likeness (QED) is 0.296. The van der Waals surface area contributed by atoms with E-state index in [1.165, 1.54) is 70.6 Å². The average molecular weight is 529 g/mol. The molecule has 0 amide bonds. The van der Waals surface area contributed by atoms with Crippen LogP contribution in [0.4, 0.5) is 0 Å². The summed E-state index contributed by atoms with van der Waals surface area (Å²) >= 11 is 0. The number of carbonyl (C=O) groups excluding carboxylic acids is 2. The van der Waals surface area contributed by atoms with Crippen LogP contribution >= 0.6 is 0 Å². The number of ether oxygens (including phenoxy) is 2. The monoisotopic (exact) mass is 528 g/mol. The van der Waals surface area contributed by atoms with E-state index in [4.69, 9.17) is 9.47 Å². The van der Waals surface area contributed by atoms with Crippen molar-refractivity contribution in [3.8, 4) is 0 Å². The lowest BCUT2D eigenvalue weighted by Crippen LogP contribution is -2.58. The highest BCUT2D eigenvalue weighted by molar-refractivity contribution is 5.77. The summed E-state index contributed by atoms with van der Waals surface area (Å²) in [5.41, 5.74) is -0.778. The van der Waals surface area contributed by atoms with Crippen LogP contribution in [-0.4, -0.2) is 23.6 Å². The molecule has 0 aromatic heterocycles. The third-order valence-electron chi connectivity index (χ3n) is 12.2. The molecule has 6 aliphatic rings. The van der Waals surface area contributed by atoms with Gasteiger partial charge in [-0.05, 0) is 134 Å². The van der Waals surface area contributed by atoms with Gasteiger partial charge in [0.2, 0.25) is 0 Å². The van der Waals surface area contributed by atoms with Gasteiger partial charge in [-0.25, -0.2) is 0 Å². The van der Waals surface area contributed by atoms with E-state index in [1.54, 1.807) is 0 Å². The molecule has 3 unspecified atom stereocenters. The van der Waals surface area contributed by atoms with Crippen LogP contribution in [-0.2, 0) is 19.1 Å². The van der Waals surface area contributed by atoms with E-state index < -0.39 is 11.0 Å². The molecule has 0 spiro atoms. The van der Waals surface area contributed by atoms with Crippen molar-refractivity contribution in [1.82, 2.24) is 0 Å². The van der Waals surface area contributed by atoms with Gasteiger partial charge in [0.05, 0.1) is 11.3 Å². The zero-order valence-electron chi connectivity index (χ0n) is 25.4. The Hall–Kier alpha value is -1.06. The fourth-order valence-corrected chi connectivity index (χ4v) is 9.98. The van der Waals surface area contributed by atoms with Gasteiger partial charge in [0.15, 0.2) is 0 Å². The SMILES string of the molecule is CC(C)C(=O)OC(C1CCCCC1)C1CCCC(C(C)(C)C(=O)OC(C)(C)C23CC4CC(CC(C4)C2)C3)C1. The molecule has 0 saturated heterocycles. The summed E-state index contributed by atoms with van der Waals surface area (Å²) in [7, 11) is 0. The molecule has 4 bridgehead atoms. The maximum absolute atomic E-state index is 14.0. The van der Waals surface area contributed by atoms with Crippen molar-refractivity contribution < 1.29 is 19.1 Å². The Morgan fingerprint density at radius 3 is 1.84 bits per heavy atom. The van der Waals surface area contributed by atoms with E-state index in [0.717, 1.165) is 43.4 Å². The third kappa shape index (κ3) is 5.45. The maximum atomic E-state index is 14.0. The molecule has 0 heterocycles. The summed E-state index contributed by atoms with van der Waals surface area (Å²) in [6.45, 7) is 12.6. The highest BCUT2D eigenvalue weighted by Gasteiger charge is 2.59. The van der Waals surface area contributed by atoms with Gasteiger partial charge in [-0.2, -0.15) is 0 Å². The first-order valence-corrected chi connectivity index (χ1v) is 16.3. The molecule has 6 aliphatic carbocycles. The molecule has 4 nitrogen and oxygen atoms in total. The Bertz CT molecular complexity index is 828. The standard InChI is InChI=1S/C34H56O4/c1-22(2)30(35)37-29(26-11-8-7-9-12-26)27-13-10-14-28(18-27)32(3,4)31(36)38-33(5,6)34-19-23-15-24(20-34)17-25(16-23)21-34/h22-29H,7-21H2,1-6H3. The second-order valence-electron chi connectivity index (χ2n) is 15.9. The van der Waals surface area contributed by atoms with Gasteiger partial charge >= 0.3 is 11.9 Å². The molecule has 38 heavy (non-hydrogen) atoms. The van der Waals surface area contributed by atoms with Crippen molar-refractivity contribution in [2.24, 2.45) is 52.3 Å². The van der Waals surface area contributed by atoms with Crippen molar-refractivity contribution in [1.29, 1.82) is 0 Å². The fourth-order valence-electron chi connectivity index (χ4n) is 9.98. The number of rotatable bonds is 8. The first-order chi connectivity index (χ1) is 17.9. The molecule has 6 rings (SSSR count). The minimum absolute atomic E-state index is 0.00251. The van der Waals surface area contributed by atoms with Crippen LogP contribution in [0.2, 0.25) is 0 Å². The third-order valence-corrected chi connectivity index (χ3v) is 12.2. The van der Waals surface area contributed by atoms with Crippen molar-refractivity contribution in [3.63, 3.8) is 0 Å². The van der Waals surface area contributed by atoms with Crippen molar-refractivity contribution in [2.75, 3.05) is 0 Å². The van der Waals surface area contributed by atoms with E-state index in [1.807, 2.05) is 13.8 Å². The first-order valence-electron chi connectivity index (χ1n) is 16.3. The molecule has 0 aromatic rings. The second-order valence-corrected chi connectivity index (χ2v) is 15.9. The summed E-state index contributed by atoms with van der Waals surface area (Å²) < 4.78 is 12.9. The van der Waals surface area contributed by atoms with Crippen LogP contribution in [0.1, 0.15) is 138 Å². The molecule has 0 radical (unpaired) electrons. The first kappa shape index (κ1) is 28.5. The molecule has 0 N–H and O–H groups in total. The molecule has 0 aliphatic heterocycles. The van der Waals surface area contributed by atoms with E-state index in [2.05, 4.69) is 27.7 Å². The van der Waals surface area contributed by atoms with Crippen LogP contribution in [0.3, 0.4) is 0 Å². The van der Waals surface area contributed by atoms with Crippen molar-refractivity contribution in [3.05, 3.63) is 0 Å². The van der Waals surface area contributed by atoms with Crippen LogP contribution in [0, 0.1) is 52.3 Å². The minimum atomic E-state index is -0.530. The van der Waals surface area contributed by atoms with Crippen LogP contribution in [0.5, 0.6) is 0 Å². The summed E-state index contributed by atoms with van der Waals surface area (Å²) in [5.74, 6) is 3.47. The number of esters is 2. The van der Waals surface area contributed by atoms with Crippen molar-refractivity contribution >= 4 is 11.9 Å². The Labute approximate surface area is 232 Å². The smallest absolute Gasteiger partial charge is 0.312 e. The molecular formula is C34H56O4. The van der Waals surface area contributed by atoms with Crippen molar-refractivity contribution in [2.45, 2.75) is 150 Å². The van der Waals surface area contributed by atoms with Gasteiger partial charge in [0.1, 0.15) is 11.7 Å². The van der Waals surface area contributed by atoms with Crippen LogP contribution < -0.4 is 0 Å². The number of hydrogen-bond acceptors (Lipinski definition) is 4. The normalized spacial score (nSPS) is 36.8. The van der Waals surface area contributed by atoms with Gasteiger partial charge in [0.25, 0.3) is 0 Å². The lowest BCUT2D eigenvalue weighted by atomic mass is 9.46. The summed E-state index contributed by atoms with van der Waals surface area (Å²) in [4.78, 5) is 26.8. The molecule has 4 heteroatoms. The molecule has 6 fully saturated rings. The highest BCUT2D eigenvalue weighted by atomic mass is 16.6. The van der Waals surface area contributed by atoms with Gasteiger partial charge in [-0.15, -0.1) is 0 Å². The largest absolute Gasteiger partial charge is 0.462 e. The van der Waals surface area contributed by atoms with E-state index in [-0.39, 0.29) is 35.3 Å². The zero-order chi connectivity index (χ0) is 27.3. The fraction of sp³-hybridized carbons (Fsp3) is 0.941. The van der Waals surface area contributed by atoms with Gasteiger partial charge in [-0.3, -0.25) is 9.59 Å². The predicted molar refractivity (Wildman–Crippen MR) is 151 cm³/mol. The highest BCUT2D eigenvalue weighted by Crippen LogP contribution is 2.64. The molecule has 6 saturated carbocycles. The molecule has 0 aromatic carbocycles. The molecular weight excluding hydrogens is 472 g/mol. The van der Waals surface area contributed by atoms with Gasteiger partial charge < -0.3 is 9.47 Å². The molecule has 3 atom stereocenters. The Morgan fingerprint density at radius 1 is 0.737 bits per heavy atom. The second kappa shape index (κ2) is 10.7. The van der Waals surface area contributed by atoms with Crippen LogP contribution in [0.15, 0.2) is 0 Å². The summed E-state index contributed by atoms with van der Waals surface area (Å²) in [6, 6.07) is 0. The zero-order valence-corrected chi connectivity index (χ0v) is 25.4. The average Bonchev–Trinajstić information content (AvgIpc) is 2.86. The predicted octanol–water partition coefficient (Wildman–Crippen LogP) is 8.51. The van der Waals surface area contributed by atoms with Gasteiger partial charge in [-0.1, -0.05) is 39.5 Å². The minimum Gasteiger partial charge on any atom is -0.462 e. The number of hydrogen-bond donors (Lipinski definition) is 0. The van der Waals surface area contributed by atoms with Gasteiger partial charge in [0, 0.05) is 5.41 Å². The topological polar surface area (TPSA) is 52.6 Å². The lowest BCUT2D eigenvalue weighted by Gasteiger charge is -2.61. The van der Waals surface area contributed by atoms with E-state index in [0.29, 0.717) is 11.8 Å². The Balaban J connectivity index is 1.28.